The molecule has 5 heteroatoms. The van der Waals surface area contributed by atoms with Crippen LogP contribution in [0.3, 0.4) is 0 Å². The van der Waals surface area contributed by atoms with Crippen LogP contribution in [0, 0.1) is 0 Å². The van der Waals surface area contributed by atoms with Gasteiger partial charge < -0.3 is 14.6 Å². The zero-order valence-electron chi connectivity index (χ0n) is 13.7. The van der Waals surface area contributed by atoms with E-state index in [4.69, 9.17) is 9.47 Å². The summed E-state index contributed by atoms with van der Waals surface area (Å²) in [6.07, 6.45) is 1.84. The van der Waals surface area contributed by atoms with E-state index in [1.165, 1.54) is 12.1 Å². The second kappa shape index (κ2) is 6.20. The number of aromatic nitrogens is 1. The molecule has 24 heavy (non-hydrogen) atoms. The Morgan fingerprint density at radius 1 is 1.00 bits per heavy atom. The number of nitrogens with zero attached hydrogens (tertiary/aromatic N) is 1. The molecule has 0 radical (unpaired) electrons. The molecule has 1 heterocycles. The predicted octanol–water partition coefficient (Wildman–Crippen LogP) is 2.62. The van der Waals surface area contributed by atoms with Crippen molar-refractivity contribution in [2.75, 3.05) is 14.2 Å². The van der Waals surface area contributed by atoms with Crippen LogP contribution in [0.2, 0.25) is 0 Å². The SMILES string of the molecule is COc1cc2cc[n+](C)c(C(=O)c3ccc(O)cc3)c2cc1OC. The quantitative estimate of drug-likeness (QED) is 0.592. The number of carbonyl (C=O) groups is 1. The van der Waals surface area contributed by atoms with Crippen molar-refractivity contribution in [1.82, 2.24) is 0 Å². The number of benzene rings is 2. The average molecular weight is 324 g/mol. The van der Waals surface area contributed by atoms with Gasteiger partial charge in [-0.2, -0.15) is 4.57 Å². The van der Waals surface area contributed by atoms with Gasteiger partial charge in [0.1, 0.15) is 12.8 Å². The number of aryl methyl sites for hydroxylation is 1. The highest BCUT2D eigenvalue weighted by molar-refractivity contribution is 6.14. The number of hydrogen-bond donors (Lipinski definition) is 1. The van der Waals surface area contributed by atoms with Crippen LogP contribution in [0.4, 0.5) is 0 Å². The normalized spacial score (nSPS) is 10.6. The van der Waals surface area contributed by atoms with Crippen molar-refractivity contribution in [3.8, 4) is 17.2 Å². The lowest BCUT2D eigenvalue weighted by atomic mass is 10.0. The zero-order valence-corrected chi connectivity index (χ0v) is 13.7. The lowest BCUT2D eigenvalue weighted by Gasteiger charge is -2.10. The topological polar surface area (TPSA) is 59.6 Å². The van der Waals surface area contributed by atoms with Crippen LogP contribution in [0.1, 0.15) is 16.1 Å². The van der Waals surface area contributed by atoms with Gasteiger partial charge in [0.15, 0.2) is 17.7 Å². The minimum Gasteiger partial charge on any atom is -0.508 e. The third-order valence-electron chi connectivity index (χ3n) is 3.99. The molecule has 3 aromatic rings. The van der Waals surface area contributed by atoms with E-state index in [-0.39, 0.29) is 11.5 Å². The lowest BCUT2D eigenvalue weighted by molar-refractivity contribution is -0.671. The van der Waals surface area contributed by atoms with Crippen molar-refractivity contribution in [2.45, 2.75) is 0 Å². The van der Waals surface area contributed by atoms with Crippen LogP contribution in [-0.2, 0) is 7.05 Å². The number of carbonyl (C=O) groups excluding carboxylic acids is 1. The van der Waals surface area contributed by atoms with Gasteiger partial charge in [-0.15, -0.1) is 0 Å². The lowest BCUT2D eigenvalue weighted by Crippen LogP contribution is -2.36. The smallest absolute Gasteiger partial charge is 0.261 e. The molecular formula is C19H18NO4+. The molecule has 0 aliphatic carbocycles. The third-order valence-corrected chi connectivity index (χ3v) is 3.99. The van der Waals surface area contributed by atoms with E-state index in [1.54, 1.807) is 30.9 Å². The summed E-state index contributed by atoms with van der Waals surface area (Å²) < 4.78 is 12.5. The number of aromatic hydroxyl groups is 1. The van der Waals surface area contributed by atoms with Crippen LogP contribution in [0.15, 0.2) is 48.7 Å². The largest absolute Gasteiger partial charge is 0.508 e. The van der Waals surface area contributed by atoms with E-state index in [0.29, 0.717) is 22.8 Å². The van der Waals surface area contributed by atoms with Gasteiger partial charge >= 0.3 is 0 Å². The number of pyridine rings is 1. The number of rotatable bonds is 4. The van der Waals surface area contributed by atoms with Crippen LogP contribution in [-0.4, -0.2) is 25.1 Å². The molecule has 1 N–H and O–H groups in total. The molecular weight excluding hydrogens is 306 g/mol. The van der Waals surface area contributed by atoms with Gasteiger partial charge in [-0.25, -0.2) is 0 Å². The van der Waals surface area contributed by atoms with E-state index in [0.717, 1.165) is 10.8 Å². The van der Waals surface area contributed by atoms with Crippen molar-refractivity contribution < 1.29 is 23.9 Å². The van der Waals surface area contributed by atoms with Gasteiger partial charge in [-0.05, 0) is 41.8 Å². The number of methoxy groups -OCH3 is 2. The molecule has 0 saturated carbocycles. The van der Waals surface area contributed by atoms with Gasteiger partial charge in [-0.3, -0.25) is 4.79 Å². The van der Waals surface area contributed by atoms with E-state index < -0.39 is 0 Å². The third kappa shape index (κ3) is 2.65. The molecule has 0 atom stereocenters. The fourth-order valence-corrected chi connectivity index (χ4v) is 2.73. The molecule has 3 rings (SSSR count). The Hall–Kier alpha value is -3.08. The highest BCUT2D eigenvalue weighted by Gasteiger charge is 2.24. The molecule has 1 aromatic heterocycles. The summed E-state index contributed by atoms with van der Waals surface area (Å²) in [5.41, 5.74) is 1.05. The van der Waals surface area contributed by atoms with Crippen molar-refractivity contribution in [1.29, 1.82) is 0 Å². The van der Waals surface area contributed by atoms with E-state index in [1.807, 2.05) is 31.4 Å². The second-order valence-corrected chi connectivity index (χ2v) is 5.45. The van der Waals surface area contributed by atoms with E-state index in [2.05, 4.69) is 0 Å². The minimum atomic E-state index is -0.129. The summed E-state index contributed by atoms with van der Waals surface area (Å²) in [4.78, 5) is 13.0. The number of ketones is 1. The molecule has 2 aromatic carbocycles. The maximum absolute atomic E-state index is 13.0. The highest BCUT2D eigenvalue weighted by atomic mass is 16.5. The standard InChI is InChI=1S/C19H17NO4/c1-20-9-8-13-10-16(23-2)17(24-3)11-15(13)18(20)19(22)12-4-6-14(21)7-5-12/h4-11H,1-3H3/p+1. The first-order valence-electron chi connectivity index (χ1n) is 7.43. The first-order valence-corrected chi connectivity index (χ1v) is 7.43. The molecule has 0 fully saturated rings. The summed E-state index contributed by atoms with van der Waals surface area (Å²) >= 11 is 0. The summed E-state index contributed by atoms with van der Waals surface area (Å²) in [5, 5.41) is 11.1. The monoisotopic (exact) mass is 324 g/mol. The molecule has 0 spiro atoms. The number of ether oxygens (including phenoxy) is 2. The maximum atomic E-state index is 13.0. The van der Waals surface area contributed by atoms with Crippen molar-refractivity contribution in [2.24, 2.45) is 7.05 Å². The molecule has 0 unspecified atom stereocenters. The van der Waals surface area contributed by atoms with Gasteiger partial charge in [0.05, 0.1) is 19.6 Å². The Morgan fingerprint density at radius 3 is 2.25 bits per heavy atom. The van der Waals surface area contributed by atoms with Crippen molar-refractivity contribution in [3.05, 3.63) is 59.9 Å². The number of fused-ring (bicyclic) bond motifs is 1. The molecule has 122 valence electrons. The summed E-state index contributed by atoms with van der Waals surface area (Å²) in [7, 11) is 4.97. The molecule has 0 bridgehead atoms. The van der Waals surface area contributed by atoms with Crippen LogP contribution in [0.5, 0.6) is 17.2 Å². The fourth-order valence-electron chi connectivity index (χ4n) is 2.73. The molecule has 0 aliphatic heterocycles. The van der Waals surface area contributed by atoms with Crippen molar-refractivity contribution in [3.63, 3.8) is 0 Å². The Morgan fingerprint density at radius 2 is 1.62 bits per heavy atom. The predicted molar refractivity (Wildman–Crippen MR) is 89.8 cm³/mol. The van der Waals surface area contributed by atoms with Gasteiger partial charge in [-0.1, -0.05) is 0 Å². The Bertz CT molecular complexity index is 917. The minimum absolute atomic E-state index is 0.125. The van der Waals surface area contributed by atoms with Crippen LogP contribution in [0.25, 0.3) is 10.8 Å². The average Bonchev–Trinajstić information content (AvgIpc) is 2.60. The van der Waals surface area contributed by atoms with Crippen LogP contribution < -0.4 is 14.0 Å². The number of phenols is 1. The van der Waals surface area contributed by atoms with Gasteiger partial charge in [0.25, 0.3) is 11.5 Å². The van der Waals surface area contributed by atoms with Crippen molar-refractivity contribution >= 4 is 16.6 Å². The number of phenolic OH excluding ortho intramolecular Hbond substituents is 1. The maximum Gasteiger partial charge on any atom is 0.261 e. The second-order valence-electron chi connectivity index (χ2n) is 5.45. The highest BCUT2D eigenvalue weighted by Crippen LogP contribution is 2.33. The molecule has 0 aliphatic rings. The Labute approximate surface area is 139 Å². The van der Waals surface area contributed by atoms with Gasteiger partial charge in [0, 0.05) is 11.6 Å². The van der Waals surface area contributed by atoms with E-state index >= 15 is 0 Å². The van der Waals surface area contributed by atoms with Crippen LogP contribution >= 0.6 is 0 Å². The molecule has 0 amide bonds. The Balaban J connectivity index is 2.24. The molecule has 0 saturated heterocycles. The summed E-state index contributed by atoms with van der Waals surface area (Å²) in [6.45, 7) is 0. The van der Waals surface area contributed by atoms with Gasteiger partial charge in [0.2, 0.25) is 0 Å². The van der Waals surface area contributed by atoms with E-state index in [9.17, 15) is 9.90 Å². The summed E-state index contributed by atoms with van der Waals surface area (Å²) in [5.74, 6) is 1.17. The first kappa shape index (κ1) is 15.8. The molecule has 5 nitrogen and oxygen atoms in total. The first-order chi connectivity index (χ1) is 11.5. The zero-order chi connectivity index (χ0) is 17.3. The summed E-state index contributed by atoms with van der Waals surface area (Å²) in [6, 6.07) is 11.8. The number of hydrogen-bond acceptors (Lipinski definition) is 4. The fraction of sp³-hybridized carbons (Fsp3) is 0.158. The Kier molecular flexibility index (Phi) is 4.08.